The maximum absolute atomic E-state index is 6.91. The van der Waals surface area contributed by atoms with Crippen molar-refractivity contribution in [1.82, 2.24) is 0 Å². The van der Waals surface area contributed by atoms with Crippen molar-refractivity contribution in [1.29, 1.82) is 0 Å². The number of rotatable bonds is 2. The highest BCUT2D eigenvalue weighted by Gasteiger charge is 2.39. The van der Waals surface area contributed by atoms with Crippen molar-refractivity contribution in [2.45, 2.75) is 31.5 Å². The molecule has 25 heavy (non-hydrogen) atoms. The molecule has 0 saturated heterocycles. The zero-order chi connectivity index (χ0) is 17.6. The number of benzene rings is 2. The summed E-state index contributed by atoms with van der Waals surface area (Å²) < 4.78 is 0. The summed E-state index contributed by atoms with van der Waals surface area (Å²) in [5, 5.41) is 2.64. The Labute approximate surface area is 155 Å². The van der Waals surface area contributed by atoms with E-state index in [1.165, 1.54) is 33.1 Å². The highest BCUT2D eigenvalue weighted by atomic mass is 35.6. The lowest BCUT2D eigenvalue weighted by Crippen LogP contribution is -2.26. The van der Waals surface area contributed by atoms with E-state index in [-0.39, 0.29) is 5.92 Å². The zero-order valence-corrected chi connectivity index (χ0v) is 16.7. The van der Waals surface area contributed by atoms with E-state index in [1.807, 2.05) is 0 Å². The molecular formula is C23H23ClSi. The van der Waals surface area contributed by atoms with Crippen LogP contribution in [0, 0.1) is 0 Å². The van der Waals surface area contributed by atoms with Crippen molar-refractivity contribution >= 4 is 29.2 Å². The van der Waals surface area contributed by atoms with Crippen molar-refractivity contribution in [3.63, 3.8) is 0 Å². The molecule has 0 nitrogen and oxygen atoms in total. The Morgan fingerprint density at radius 1 is 0.920 bits per heavy atom. The van der Waals surface area contributed by atoms with Crippen molar-refractivity contribution < 1.29 is 0 Å². The number of hydrogen-bond donors (Lipinski definition) is 0. The molecule has 0 fully saturated rings. The van der Waals surface area contributed by atoms with E-state index in [2.05, 4.69) is 92.9 Å². The predicted molar refractivity (Wildman–Crippen MR) is 113 cm³/mol. The molecule has 0 spiro atoms. The second-order valence-corrected chi connectivity index (χ2v) is 14.2. The van der Waals surface area contributed by atoms with Crippen LogP contribution in [0.5, 0.6) is 0 Å². The highest BCUT2D eigenvalue weighted by molar-refractivity contribution is 7.20. The van der Waals surface area contributed by atoms with E-state index < -0.39 is 7.38 Å². The van der Waals surface area contributed by atoms with Gasteiger partial charge in [-0.2, -0.15) is 11.1 Å². The number of allylic oxidation sites excluding steroid dienone is 8. The molecule has 0 aromatic heterocycles. The first kappa shape index (κ1) is 16.6. The summed E-state index contributed by atoms with van der Waals surface area (Å²) in [6.07, 6.45) is 11.4. The second-order valence-electron chi connectivity index (χ2n) is 7.59. The topological polar surface area (TPSA) is 0 Å². The quantitative estimate of drug-likeness (QED) is 0.394. The molecule has 2 aromatic carbocycles. The minimum atomic E-state index is -1.84. The van der Waals surface area contributed by atoms with Gasteiger partial charge >= 0.3 is 0 Å². The Balaban J connectivity index is 1.92. The fraction of sp³-hybridized carbons (Fsp3) is 0.217. The summed E-state index contributed by atoms with van der Waals surface area (Å²) in [5.41, 5.74) is 6.04. The maximum Gasteiger partial charge on any atom is 0.161 e. The molecule has 4 rings (SSSR count). The van der Waals surface area contributed by atoms with Crippen LogP contribution in [0.1, 0.15) is 18.4 Å². The second kappa shape index (κ2) is 6.16. The van der Waals surface area contributed by atoms with Crippen LogP contribution in [-0.2, 0) is 0 Å². The molecule has 0 heterocycles. The SMILES string of the molecule is CC1=CC2=C(C=CC=CC2c2cccc3ccccc23)C1[Si](C)(C)Cl. The van der Waals surface area contributed by atoms with Gasteiger partial charge in [0.05, 0.1) is 0 Å². The van der Waals surface area contributed by atoms with Gasteiger partial charge in [-0.25, -0.2) is 0 Å². The van der Waals surface area contributed by atoms with Gasteiger partial charge in [0.15, 0.2) is 7.38 Å². The molecule has 126 valence electrons. The lowest BCUT2D eigenvalue weighted by atomic mass is 9.86. The molecule has 2 aliphatic rings. The summed E-state index contributed by atoms with van der Waals surface area (Å²) in [7, 11) is -1.84. The Morgan fingerprint density at radius 2 is 1.68 bits per heavy atom. The van der Waals surface area contributed by atoms with Crippen LogP contribution >= 0.6 is 11.1 Å². The number of halogens is 1. The van der Waals surface area contributed by atoms with E-state index in [4.69, 9.17) is 11.1 Å². The third-order valence-corrected chi connectivity index (χ3v) is 8.15. The first-order valence-corrected chi connectivity index (χ1v) is 13.0. The van der Waals surface area contributed by atoms with E-state index in [9.17, 15) is 0 Å². The minimum absolute atomic E-state index is 0.282. The van der Waals surface area contributed by atoms with Gasteiger partial charge < -0.3 is 0 Å². The molecule has 0 amide bonds. The molecule has 0 bridgehead atoms. The van der Waals surface area contributed by atoms with Gasteiger partial charge in [0.2, 0.25) is 0 Å². The average Bonchev–Trinajstić information content (AvgIpc) is 2.78. The standard InChI is InChI=1S/C23H23ClSi/c1-16-15-22-20(12-6-7-13-21(22)23(16)25(2,3)24)19-14-8-10-17-9-4-5-11-18(17)19/h4-15,20,23H,1-3H3. The molecule has 0 saturated carbocycles. The minimum Gasteiger partial charge on any atom is -0.167 e. The molecule has 0 aliphatic heterocycles. The summed E-state index contributed by atoms with van der Waals surface area (Å²) in [5.74, 6) is 0.282. The maximum atomic E-state index is 6.91. The lowest BCUT2D eigenvalue weighted by Gasteiger charge is -2.26. The van der Waals surface area contributed by atoms with Gasteiger partial charge in [0.25, 0.3) is 0 Å². The fourth-order valence-electron chi connectivity index (χ4n) is 4.43. The molecule has 2 atom stereocenters. The third-order valence-electron chi connectivity index (χ3n) is 5.35. The monoisotopic (exact) mass is 362 g/mol. The Bertz CT molecular complexity index is 948. The number of fused-ring (bicyclic) bond motifs is 1. The van der Waals surface area contributed by atoms with Crippen LogP contribution in [0.2, 0.25) is 18.6 Å². The molecule has 0 N–H and O–H groups in total. The number of hydrogen-bond acceptors (Lipinski definition) is 0. The molecular weight excluding hydrogens is 340 g/mol. The van der Waals surface area contributed by atoms with Gasteiger partial charge in [-0.3, -0.25) is 0 Å². The highest BCUT2D eigenvalue weighted by Crippen LogP contribution is 2.50. The lowest BCUT2D eigenvalue weighted by molar-refractivity contribution is 1.03. The summed E-state index contributed by atoms with van der Waals surface area (Å²) in [6.45, 7) is 6.76. The van der Waals surface area contributed by atoms with Gasteiger partial charge in [-0.1, -0.05) is 91.5 Å². The Hall–Kier alpha value is -1.83. The van der Waals surface area contributed by atoms with E-state index in [1.54, 1.807) is 0 Å². The molecule has 2 unspecified atom stereocenters. The van der Waals surface area contributed by atoms with Gasteiger partial charge in [0.1, 0.15) is 0 Å². The van der Waals surface area contributed by atoms with Gasteiger partial charge in [-0.15, -0.1) is 0 Å². The summed E-state index contributed by atoms with van der Waals surface area (Å²) in [4.78, 5) is 0. The first-order chi connectivity index (χ1) is 12.0. The Morgan fingerprint density at radius 3 is 2.48 bits per heavy atom. The van der Waals surface area contributed by atoms with Crippen LogP contribution in [0.3, 0.4) is 0 Å². The van der Waals surface area contributed by atoms with Gasteiger partial charge in [0, 0.05) is 11.5 Å². The largest absolute Gasteiger partial charge is 0.167 e. The normalized spacial score (nSPS) is 23.0. The van der Waals surface area contributed by atoms with Crippen LogP contribution in [0.15, 0.2) is 89.6 Å². The summed E-state index contributed by atoms with van der Waals surface area (Å²) in [6, 6.07) is 15.3. The average molecular weight is 363 g/mol. The van der Waals surface area contributed by atoms with Crippen LogP contribution in [-0.4, -0.2) is 7.38 Å². The molecule has 2 aromatic rings. The molecule has 2 aliphatic carbocycles. The smallest absolute Gasteiger partial charge is 0.161 e. The van der Waals surface area contributed by atoms with E-state index in [0.29, 0.717) is 5.54 Å². The fourth-order valence-corrected chi connectivity index (χ4v) is 7.47. The van der Waals surface area contributed by atoms with Crippen molar-refractivity contribution in [3.05, 3.63) is 95.1 Å². The van der Waals surface area contributed by atoms with Crippen LogP contribution < -0.4 is 0 Å². The van der Waals surface area contributed by atoms with Crippen LogP contribution in [0.25, 0.3) is 10.8 Å². The Kier molecular flexibility index (Phi) is 4.09. The third kappa shape index (κ3) is 2.86. The van der Waals surface area contributed by atoms with Gasteiger partial charge in [-0.05, 0) is 34.4 Å². The molecule has 2 heteroatoms. The predicted octanol–water partition coefficient (Wildman–Crippen LogP) is 7.12. The van der Waals surface area contributed by atoms with Crippen molar-refractivity contribution in [2.75, 3.05) is 0 Å². The molecule has 0 radical (unpaired) electrons. The van der Waals surface area contributed by atoms with Crippen LogP contribution in [0.4, 0.5) is 0 Å². The first-order valence-electron chi connectivity index (χ1n) is 8.90. The van der Waals surface area contributed by atoms with E-state index in [0.717, 1.165) is 0 Å². The summed E-state index contributed by atoms with van der Waals surface area (Å²) >= 11 is 6.91. The van der Waals surface area contributed by atoms with Crippen molar-refractivity contribution in [2.24, 2.45) is 0 Å². The van der Waals surface area contributed by atoms with Crippen molar-refractivity contribution in [3.8, 4) is 0 Å². The van der Waals surface area contributed by atoms with E-state index >= 15 is 0 Å². The zero-order valence-electron chi connectivity index (χ0n) is 15.0.